The first-order valence-electron chi connectivity index (χ1n) is 5.77. The fourth-order valence-corrected chi connectivity index (χ4v) is 2.62. The smallest absolute Gasteiger partial charge is 0.120 e. The second-order valence-corrected chi connectivity index (χ2v) is 5.37. The normalized spacial score (nSPS) is 12.2. The van der Waals surface area contributed by atoms with Crippen molar-refractivity contribution < 1.29 is 4.74 Å². The fourth-order valence-electron chi connectivity index (χ4n) is 1.96. The van der Waals surface area contributed by atoms with E-state index < -0.39 is 0 Å². The van der Waals surface area contributed by atoms with Crippen molar-refractivity contribution in [2.24, 2.45) is 0 Å². The summed E-state index contributed by atoms with van der Waals surface area (Å²) in [5, 5.41) is 3.92. The van der Waals surface area contributed by atoms with Crippen LogP contribution in [0, 0.1) is 0 Å². The lowest BCUT2D eigenvalue weighted by Crippen LogP contribution is -2.18. The van der Waals surface area contributed by atoms with Gasteiger partial charge in [-0.2, -0.15) is 0 Å². The second kappa shape index (κ2) is 6.37. The van der Waals surface area contributed by atoms with E-state index in [9.17, 15) is 0 Å². The molecule has 19 heavy (non-hydrogen) atoms. The molecule has 0 radical (unpaired) electrons. The van der Waals surface area contributed by atoms with Gasteiger partial charge in [-0.1, -0.05) is 17.7 Å². The first-order valence-corrected chi connectivity index (χ1v) is 6.94. The Kier molecular flexibility index (Phi) is 4.80. The van der Waals surface area contributed by atoms with Crippen molar-refractivity contribution in [3.63, 3.8) is 0 Å². The van der Waals surface area contributed by atoms with E-state index >= 15 is 0 Å². The summed E-state index contributed by atoms with van der Waals surface area (Å²) in [6.45, 7) is 0. The molecule has 3 nitrogen and oxygen atoms in total. The standard InChI is InChI=1S/C14H14BrClN2O/c1-17-14(9-5-10(15)8-18-7-9)12-4-3-11(19-2)6-13(12)16/h3-8,14,17H,1-2H3. The van der Waals surface area contributed by atoms with Crippen LogP contribution in [0.4, 0.5) is 0 Å². The van der Waals surface area contributed by atoms with Gasteiger partial charge in [0, 0.05) is 21.9 Å². The number of hydrogen-bond donors (Lipinski definition) is 1. The lowest BCUT2D eigenvalue weighted by molar-refractivity contribution is 0.414. The SMILES string of the molecule is CNC(c1cncc(Br)c1)c1ccc(OC)cc1Cl. The third-order valence-corrected chi connectivity index (χ3v) is 3.63. The van der Waals surface area contributed by atoms with Gasteiger partial charge in [0.05, 0.1) is 13.2 Å². The third-order valence-electron chi connectivity index (χ3n) is 2.87. The van der Waals surface area contributed by atoms with Crippen molar-refractivity contribution in [2.45, 2.75) is 6.04 Å². The molecule has 2 aromatic rings. The molecule has 0 amide bonds. The molecule has 1 unspecified atom stereocenters. The summed E-state index contributed by atoms with van der Waals surface area (Å²) in [4.78, 5) is 4.19. The maximum absolute atomic E-state index is 6.32. The Labute approximate surface area is 126 Å². The Bertz CT molecular complexity index is 577. The minimum Gasteiger partial charge on any atom is -0.497 e. The third kappa shape index (κ3) is 3.26. The van der Waals surface area contributed by atoms with Crippen LogP contribution >= 0.6 is 27.5 Å². The lowest BCUT2D eigenvalue weighted by Gasteiger charge is -2.19. The number of pyridine rings is 1. The number of ether oxygens (including phenoxy) is 1. The minimum absolute atomic E-state index is 0.0107. The quantitative estimate of drug-likeness (QED) is 0.918. The van der Waals surface area contributed by atoms with Crippen molar-refractivity contribution in [3.8, 4) is 5.75 Å². The molecule has 1 aromatic carbocycles. The van der Waals surface area contributed by atoms with E-state index in [4.69, 9.17) is 16.3 Å². The van der Waals surface area contributed by atoms with E-state index in [1.807, 2.05) is 37.5 Å². The van der Waals surface area contributed by atoms with Gasteiger partial charge in [0.15, 0.2) is 0 Å². The molecule has 1 N–H and O–H groups in total. The molecule has 2 rings (SSSR count). The summed E-state index contributed by atoms with van der Waals surface area (Å²) >= 11 is 9.75. The van der Waals surface area contributed by atoms with Gasteiger partial charge in [-0.25, -0.2) is 0 Å². The highest BCUT2D eigenvalue weighted by Gasteiger charge is 2.16. The molecule has 0 saturated carbocycles. The van der Waals surface area contributed by atoms with Crippen molar-refractivity contribution in [3.05, 3.63) is 57.3 Å². The summed E-state index contributed by atoms with van der Waals surface area (Å²) in [6, 6.07) is 7.69. The number of hydrogen-bond acceptors (Lipinski definition) is 3. The average molecular weight is 342 g/mol. The summed E-state index contributed by atoms with van der Waals surface area (Å²) in [5.41, 5.74) is 2.04. The monoisotopic (exact) mass is 340 g/mol. The molecule has 0 aliphatic rings. The number of benzene rings is 1. The molecular weight excluding hydrogens is 328 g/mol. The summed E-state index contributed by atoms with van der Waals surface area (Å²) in [7, 11) is 3.52. The van der Waals surface area contributed by atoms with E-state index in [2.05, 4.69) is 26.2 Å². The highest BCUT2D eigenvalue weighted by molar-refractivity contribution is 9.10. The molecule has 5 heteroatoms. The molecule has 0 bridgehead atoms. The van der Waals surface area contributed by atoms with Crippen molar-refractivity contribution in [1.82, 2.24) is 10.3 Å². The van der Waals surface area contributed by atoms with Gasteiger partial charge in [0.25, 0.3) is 0 Å². The zero-order chi connectivity index (χ0) is 13.8. The van der Waals surface area contributed by atoms with Gasteiger partial charge in [-0.15, -0.1) is 0 Å². The van der Waals surface area contributed by atoms with Crippen molar-refractivity contribution in [1.29, 1.82) is 0 Å². The first kappa shape index (κ1) is 14.3. The molecule has 0 fully saturated rings. The van der Waals surface area contributed by atoms with Crippen molar-refractivity contribution >= 4 is 27.5 Å². The van der Waals surface area contributed by atoms with Crippen LogP contribution in [-0.2, 0) is 0 Å². The average Bonchev–Trinajstić information content (AvgIpc) is 2.41. The maximum Gasteiger partial charge on any atom is 0.120 e. The van der Waals surface area contributed by atoms with E-state index in [1.165, 1.54) is 0 Å². The van der Waals surface area contributed by atoms with Gasteiger partial charge < -0.3 is 10.1 Å². The van der Waals surface area contributed by atoms with Crippen LogP contribution in [0.3, 0.4) is 0 Å². The van der Waals surface area contributed by atoms with Crippen LogP contribution in [0.5, 0.6) is 5.75 Å². The van der Waals surface area contributed by atoms with E-state index in [1.54, 1.807) is 13.3 Å². The van der Waals surface area contributed by atoms with Gasteiger partial charge in [-0.05, 0) is 52.3 Å². The molecule has 1 aromatic heterocycles. The van der Waals surface area contributed by atoms with E-state index in [0.717, 1.165) is 21.3 Å². The lowest BCUT2D eigenvalue weighted by atomic mass is 10.0. The van der Waals surface area contributed by atoms with Crippen LogP contribution in [0.25, 0.3) is 0 Å². The molecule has 0 aliphatic heterocycles. The zero-order valence-electron chi connectivity index (χ0n) is 10.7. The Balaban J connectivity index is 2.42. The zero-order valence-corrected chi connectivity index (χ0v) is 13.0. The maximum atomic E-state index is 6.32. The molecule has 0 spiro atoms. The van der Waals surface area contributed by atoms with Crippen molar-refractivity contribution in [2.75, 3.05) is 14.2 Å². The predicted molar refractivity (Wildman–Crippen MR) is 80.8 cm³/mol. The predicted octanol–water partition coefficient (Wildman–Crippen LogP) is 3.81. The van der Waals surface area contributed by atoms with Crippen LogP contribution in [-0.4, -0.2) is 19.1 Å². The Morgan fingerprint density at radius 2 is 2.11 bits per heavy atom. The van der Waals surface area contributed by atoms with Crippen LogP contribution in [0.1, 0.15) is 17.2 Å². The van der Waals surface area contributed by atoms with Crippen LogP contribution < -0.4 is 10.1 Å². The van der Waals surface area contributed by atoms with Crippen LogP contribution in [0.15, 0.2) is 41.1 Å². The topological polar surface area (TPSA) is 34.2 Å². The number of rotatable bonds is 4. The highest BCUT2D eigenvalue weighted by atomic mass is 79.9. The van der Waals surface area contributed by atoms with E-state index in [0.29, 0.717) is 5.02 Å². The fraction of sp³-hybridized carbons (Fsp3) is 0.214. The Morgan fingerprint density at radius 3 is 2.68 bits per heavy atom. The summed E-state index contributed by atoms with van der Waals surface area (Å²) in [6.07, 6.45) is 3.58. The van der Waals surface area contributed by atoms with Gasteiger partial charge in [0.2, 0.25) is 0 Å². The Morgan fingerprint density at radius 1 is 1.32 bits per heavy atom. The molecule has 1 atom stereocenters. The minimum atomic E-state index is -0.0107. The number of aromatic nitrogens is 1. The molecule has 100 valence electrons. The number of halogens is 2. The van der Waals surface area contributed by atoms with E-state index in [-0.39, 0.29) is 6.04 Å². The van der Waals surface area contributed by atoms with Crippen LogP contribution in [0.2, 0.25) is 5.02 Å². The van der Waals surface area contributed by atoms with Gasteiger partial charge in [-0.3, -0.25) is 4.98 Å². The number of methoxy groups -OCH3 is 1. The number of nitrogens with zero attached hydrogens (tertiary/aromatic N) is 1. The van der Waals surface area contributed by atoms with Gasteiger partial charge >= 0.3 is 0 Å². The first-order chi connectivity index (χ1) is 9.15. The summed E-state index contributed by atoms with van der Waals surface area (Å²) in [5.74, 6) is 0.746. The second-order valence-electron chi connectivity index (χ2n) is 4.05. The highest BCUT2D eigenvalue weighted by Crippen LogP contribution is 2.31. The molecule has 0 saturated heterocycles. The largest absolute Gasteiger partial charge is 0.497 e. The number of nitrogens with one attached hydrogen (secondary N) is 1. The Hall–Kier alpha value is -1.10. The molecule has 1 heterocycles. The molecule has 0 aliphatic carbocycles. The summed E-state index contributed by atoms with van der Waals surface area (Å²) < 4.78 is 6.10. The molecular formula is C14H14BrClN2O. The van der Waals surface area contributed by atoms with Gasteiger partial charge in [0.1, 0.15) is 5.75 Å².